The van der Waals surface area contributed by atoms with Gasteiger partial charge in [-0.2, -0.15) is 0 Å². The molecule has 2 unspecified atom stereocenters. The SMILES string of the molecule is C=C[Si](C)(OCCCCCCCCCCCCCCCCCC)O[Si](C)(C=C)OC(C(C)C)C(C)C. The van der Waals surface area contributed by atoms with E-state index in [1.54, 1.807) is 0 Å². The van der Waals surface area contributed by atoms with Crippen LogP contribution >= 0.6 is 0 Å². The van der Waals surface area contributed by atoms with Crippen molar-refractivity contribution in [1.82, 2.24) is 0 Å². The Morgan fingerprint density at radius 1 is 0.583 bits per heavy atom. The molecular weight excluding hydrogens is 477 g/mol. The van der Waals surface area contributed by atoms with Gasteiger partial charge < -0.3 is 13.0 Å². The van der Waals surface area contributed by atoms with Crippen LogP contribution in [0.4, 0.5) is 0 Å². The zero-order valence-electron chi connectivity index (χ0n) is 25.5. The Morgan fingerprint density at radius 3 is 1.28 bits per heavy atom. The minimum atomic E-state index is -2.55. The van der Waals surface area contributed by atoms with Gasteiger partial charge in [0, 0.05) is 6.61 Å². The van der Waals surface area contributed by atoms with Crippen molar-refractivity contribution in [2.24, 2.45) is 11.8 Å². The van der Waals surface area contributed by atoms with Gasteiger partial charge in [-0.3, -0.25) is 0 Å². The summed E-state index contributed by atoms with van der Waals surface area (Å²) in [5.41, 5.74) is 3.80. The molecule has 0 amide bonds. The minimum absolute atomic E-state index is 0.156. The highest BCUT2D eigenvalue weighted by Crippen LogP contribution is 2.26. The number of hydrogen-bond acceptors (Lipinski definition) is 3. The van der Waals surface area contributed by atoms with E-state index in [4.69, 9.17) is 13.0 Å². The van der Waals surface area contributed by atoms with Crippen LogP contribution in [0.2, 0.25) is 13.1 Å². The van der Waals surface area contributed by atoms with Crippen LogP contribution in [-0.2, 0) is 13.0 Å². The summed E-state index contributed by atoms with van der Waals surface area (Å²) in [4.78, 5) is 0. The maximum absolute atomic E-state index is 6.58. The summed E-state index contributed by atoms with van der Waals surface area (Å²) in [6.45, 7) is 24.1. The maximum Gasteiger partial charge on any atom is 0.352 e. The molecule has 0 fully saturated rings. The molecule has 0 radical (unpaired) electrons. The first-order valence-electron chi connectivity index (χ1n) is 15.4. The highest BCUT2D eigenvalue weighted by molar-refractivity contribution is 6.84. The van der Waals surface area contributed by atoms with E-state index in [2.05, 4.69) is 60.9 Å². The molecule has 5 heteroatoms. The summed E-state index contributed by atoms with van der Waals surface area (Å²) in [7, 11) is -5.05. The maximum atomic E-state index is 6.58. The Balaban J connectivity index is 3.96. The fourth-order valence-electron chi connectivity index (χ4n) is 4.88. The number of rotatable bonds is 26. The molecule has 0 heterocycles. The van der Waals surface area contributed by atoms with E-state index < -0.39 is 17.1 Å². The first kappa shape index (κ1) is 35.8. The Bertz CT molecular complexity index is 532. The van der Waals surface area contributed by atoms with Gasteiger partial charge in [-0.05, 0) is 31.4 Å². The highest BCUT2D eigenvalue weighted by Gasteiger charge is 2.42. The molecule has 0 N–H and O–H groups in total. The molecule has 2 atom stereocenters. The number of unbranched alkanes of at least 4 members (excludes halogenated alkanes) is 15. The lowest BCUT2D eigenvalue weighted by atomic mass is 9.97. The van der Waals surface area contributed by atoms with E-state index >= 15 is 0 Å². The first-order valence-corrected chi connectivity index (χ1v) is 20.2. The molecule has 0 aliphatic rings. The highest BCUT2D eigenvalue weighted by atomic mass is 28.5. The van der Waals surface area contributed by atoms with E-state index in [1.165, 1.54) is 96.3 Å². The van der Waals surface area contributed by atoms with E-state index in [0.717, 1.165) is 13.0 Å². The van der Waals surface area contributed by atoms with Crippen molar-refractivity contribution >= 4 is 17.1 Å². The molecule has 214 valence electrons. The van der Waals surface area contributed by atoms with Crippen molar-refractivity contribution in [2.75, 3.05) is 6.61 Å². The van der Waals surface area contributed by atoms with Crippen molar-refractivity contribution in [2.45, 2.75) is 157 Å². The van der Waals surface area contributed by atoms with Gasteiger partial charge in [0.1, 0.15) is 0 Å². The van der Waals surface area contributed by atoms with Crippen molar-refractivity contribution in [3.05, 3.63) is 24.6 Å². The molecule has 36 heavy (non-hydrogen) atoms. The van der Waals surface area contributed by atoms with Gasteiger partial charge in [0.25, 0.3) is 0 Å². The van der Waals surface area contributed by atoms with E-state index in [9.17, 15) is 0 Å². The van der Waals surface area contributed by atoms with E-state index in [1.807, 2.05) is 11.4 Å². The third-order valence-corrected chi connectivity index (χ3v) is 13.5. The third-order valence-electron chi connectivity index (χ3n) is 7.22. The molecule has 0 aliphatic heterocycles. The van der Waals surface area contributed by atoms with E-state index in [-0.39, 0.29) is 6.10 Å². The first-order chi connectivity index (χ1) is 17.1. The van der Waals surface area contributed by atoms with Gasteiger partial charge in [-0.25, -0.2) is 0 Å². The van der Waals surface area contributed by atoms with Gasteiger partial charge in [0.05, 0.1) is 6.10 Å². The van der Waals surface area contributed by atoms with Gasteiger partial charge in [-0.1, -0.05) is 142 Å². The largest absolute Gasteiger partial charge is 0.409 e. The lowest BCUT2D eigenvalue weighted by molar-refractivity contribution is 0.0718. The minimum Gasteiger partial charge on any atom is -0.409 e. The molecule has 0 spiro atoms. The zero-order valence-corrected chi connectivity index (χ0v) is 27.5. The summed E-state index contributed by atoms with van der Waals surface area (Å²) in [6, 6.07) is 0. The van der Waals surface area contributed by atoms with Crippen LogP contribution in [0.5, 0.6) is 0 Å². The van der Waals surface area contributed by atoms with E-state index in [0.29, 0.717) is 11.8 Å². The normalized spacial score (nSPS) is 15.4. The molecule has 0 saturated heterocycles. The molecular formula is C31H64O3Si2. The van der Waals surface area contributed by atoms with Gasteiger partial charge >= 0.3 is 17.1 Å². The third kappa shape index (κ3) is 18.1. The quantitative estimate of drug-likeness (QED) is 0.0806. The second-order valence-electron chi connectivity index (χ2n) is 11.8. The van der Waals surface area contributed by atoms with Crippen LogP contribution < -0.4 is 0 Å². The van der Waals surface area contributed by atoms with Crippen LogP contribution in [0.15, 0.2) is 24.6 Å². The Labute approximate surface area is 229 Å². The number of hydrogen-bond donors (Lipinski definition) is 0. The average Bonchev–Trinajstić information content (AvgIpc) is 2.84. The second-order valence-corrected chi connectivity index (χ2v) is 18.0. The van der Waals surface area contributed by atoms with Crippen LogP contribution in [0, 0.1) is 11.8 Å². The molecule has 0 saturated carbocycles. The van der Waals surface area contributed by atoms with Crippen LogP contribution in [0.3, 0.4) is 0 Å². The fourth-order valence-corrected chi connectivity index (χ4v) is 11.0. The summed E-state index contributed by atoms with van der Waals surface area (Å²) in [6.07, 6.45) is 22.2. The molecule has 0 aromatic rings. The Morgan fingerprint density at radius 2 is 0.944 bits per heavy atom. The lowest BCUT2D eigenvalue weighted by Gasteiger charge is -2.38. The summed E-state index contributed by atoms with van der Waals surface area (Å²) < 4.78 is 19.4. The molecule has 0 aromatic carbocycles. The predicted molar refractivity (Wildman–Crippen MR) is 165 cm³/mol. The monoisotopic (exact) mass is 540 g/mol. The zero-order chi connectivity index (χ0) is 27.3. The van der Waals surface area contributed by atoms with Crippen molar-refractivity contribution in [3.63, 3.8) is 0 Å². The Kier molecular flexibility index (Phi) is 21.6. The van der Waals surface area contributed by atoms with Crippen LogP contribution in [-0.4, -0.2) is 29.8 Å². The Hall–Kier alpha value is -0.206. The van der Waals surface area contributed by atoms with Gasteiger partial charge in [-0.15, -0.1) is 13.2 Å². The lowest BCUT2D eigenvalue weighted by Crippen LogP contribution is -2.53. The van der Waals surface area contributed by atoms with Crippen LogP contribution in [0.25, 0.3) is 0 Å². The topological polar surface area (TPSA) is 27.7 Å². The molecule has 0 bridgehead atoms. The molecule has 0 rings (SSSR count). The smallest absolute Gasteiger partial charge is 0.352 e. The summed E-state index contributed by atoms with van der Waals surface area (Å²) in [5, 5.41) is 0. The van der Waals surface area contributed by atoms with Crippen molar-refractivity contribution in [3.8, 4) is 0 Å². The molecule has 0 aromatic heterocycles. The predicted octanol–water partition coefficient (Wildman–Crippen LogP) is 10.6. The summed E-state index contributed by atoms with van der Waals surface area (Å²) in [5.74, 6) is 0.867. The molecule has 3 nitrogen and oxygen atoms in total. The van der Waals surface area contributed by atoms with Gasteiger partial charge in [0.15, 0.2) is 0 Å². The van der Waals surface area contributed by atoms with Crippen molar-refractivity contribution in [1.29, 1.82) is 0 Å². The second kappa shape index (κ2) is 21.7. The fraction of sp³-hybridized carbons (Fsp3) is 0.871. The molecule has 0 aliphatic carbocycles. The average molecular weight is 541 g/mol. The van der Waals surface area contributed by atoms with Crippen LogP contribution in [0.1, 0.15) is 137 Å². The standard InChI is InChI=1S/C31H64O3Si2/c1-10-13-14-15-16-17-18-19-20-21-22-23-24-25-26-27-28-32-35(8,11-2)34-36(9,12-3)33-31(29(4)5)30(6)7/h11-12,29-31H,2-3,10,13-28H2,1,4-9H3. The van der Waals surface area contributed by atoms with Crippen molar-refractivity contribution < 1.29 is 13.0 Å². The summed E-state index contributed by atoms with van der Waals surface area (Å²) >= 11 is 0. The van der Waals surface area contributed by atoms with Gasteiger partial charge in [0.2, 0.25) is 0 Å².